The Balaban J connectivity index is 2.27. The average molecular weight is 392 g/mol. The van der Waals surface area contributed by atoms with Crippen molar-refractivity contribution in [1.29, 1.82) is 0 Å². The third-order valence-corrected chi connectivity index (χ3v) is 5.28. The van der Waals surface area contributed by atoms with Gasteiger partial charge in [0.25, 0.3) is 0 Å². The molecule has 0 aliphatic heterocycles. The summed E-state index contributed by atoms with van der Waals surface area (Å²) in [7, 11) is 1.48. The number of hydrogen-bond acceptors (Lipinski definition) is 7. The Hall–Kier alpha value is -2.41. The first kappa shape index (κ1) is 21.9. The van der Waals surface area contributed by atoms with Crippen LogP contribution in [0.2, 0.25) is 0 Å². The molecule has 0 radical (unpaired) electrons. The number of methoxy groups -OCH3 is 1. The van der Waals surface area contributed by atoms with Crippen LogP contribution in [-0.4, -0.2) is 49.9 Å². The third-order valence-electron chi connectivity index (χ3n) is 5.28. The van der Waals surface area contributed by atoms with Crippen LogP contribution in [0.4, 0.5) is 0 Å². The zero-order valence-corrected chi connectivity index (χ0v) is 16.8. The fourth-order valence-corrected chi connectivity index (χ4v) is 3.81. The molecule has 1 fully saturated rings. The minimum atomic E-state index is -0.787. The number of esters is 3. The van der Waals surface area contributed by atoms with Crippen molar-refractivity contribution in [2.45, 2.75) is 58.3 Å². The van der Waals surface area contributed by atoms with Gasteiger partial charge in [0, 0.05) is 26.4 Å². The van der Waals surface area contributed by atoms with Crippen molar-refractivity contribution < 1.29 is 33.3 Å². The highest BCUT2D eigenvalue weighted by Crippen LogP contribution is 2.51. The van der Waals surface area contributed by atoms with Crippen LogP contribution < -0.4 is 0 Å². The molecule has 0 aromatic heterocycles. The molecule has 0 amide bonds. The molecule has 1 aliphatic carbocycles. The molecule has 0 heterocycles. The molecule has 4 atom stereocenters. The molecule has 0 N–H and O–H groups in total. The van der Waals surface area contributed by atoms with Gasteiger partial charge in [0.15, 0.2) is 6.10 Å². The molecule has 154 valence electrons. The lowest BCUT2D eigenvalue weighted by molar-refractivity contribution is -0.213. The second-order valence-corrected chi connectivity index (χ2v) is 7.02. The summed E-state index contributed by atoms with van der Waals surface area (Å²) in [4.78, 5) is 35.9. The van der Waals surface area contributed by atoms with Gasteiger partial charge < -0.3 is 18.9 Å². The van der Waals surface area contributed by atoms with E-state index in [9.17, 15) is 14.4 Å². The first-order chi connectivity index (χ1) is 13.3. The van der Waals surface area contributed by atoms with Gasteiger partial charge in [-0.15, -0.1) is 0 Å². The normalized spacial score (nSPS) is 23.1. The Kier molecular flexibility index (Phi) is 7.57. The number of benzene rings is 1. The second-order valence-electron chi connectivity index (χ2n) is 7.02. The smallest absolute Gasteiger partial charge is 0.338 e. The Labute approximate surface area is 165 Å². The van der Waals surface area contributed by atoms with Gasteiger partial charge in [-0.1, -0.05) is 25.1 Å². The second kappa shape index (κ2) is 9.68. The largest absolute Gasteiger partial charge is 0.458 e. The first-order valence-corrected chi connectivity index (χ1v) is 9.43. The monoisotopic (exact) mass is 392 g/mol. The molecule has 1 unspecified atom stereocenters. The van der Waals surface area contributed by atoms with Crippen molar-refractivity contribution >= 4 is 17.9 Å². The molecular weight excluding hydrogens is 364 g/mol. The Morgan fingerprint density at radius 2 is 1.75 bits per heavy atom. The molecule has 2 rings (SSSR count). The number of carbonyl (C=O) groups is 3. The highest BCUT2D eigenvalue weighted by molar-refractivity contribution is 5.89. The summed E-state index contributed by atoms with van der Waals surface area (Å²) >= 11 is 0. The van der Waals surface area contributed by atoms with E-state index < -0.39 is 41.6 Å². The van der Waals surface area contributed by atoms with E-state index in [4.69, 9.17) is 18.9 Å². The summed E-state index contributed by atoms with van der Waals surface area (Å²) in [6.07, 6.45) is -0.117. The molecule has 28 heavy (non-hydrogen) atoms. The van der Waals surface area contributed by atoms with Crippen molar-refractivity contribution in [3.8, 4) is 0 Å². The van der Waals surface area contributed by atoms with Crippen LogP contribution in [0.5, 0.6) is 0 Å². The number of rotatable bonds is 9. The molecule has 7 nitrogen and oxygen atoms in total. The van der Waals surface area contributed by atoms with E-state index in [1.807, 2.05) is 13.0 Å². The summed E-state index contributed by atoms with van der Waals surface area (Å²) in [5.74, 6) is -1.42. The van der Waals surface area contributed by atoms with E-state index in [-0.39, 0.29) is 6.61 Å². The fraction of sp³-hybridized carbons (Fsp3) is 0.571. The number of carbonyl (C=O) groups excluding carboxylic acids is 3. The maximum absolute atomic E-state index is 12.5. The first-order valence-electron chi connectivity index (χ1n) is 9.43. The predicted molar refractivity (Wildman–Crippen MR) is 101 cm³/mol. The van der Waals surface area contributed by atoms with Crippen LogP contribution in [0.25, 0.3) is 0 Å². The molecule has 0 saturated heterocycles. The van der Waals surface area contributed by atoms with Crippen LogP contribution in [-0.2, 0) is 28.5 Å². The maximum atomic E-state index is 12.5. The van der Waals surface area contributed by atoms with Crippen molar-refractivity contribution in [2.75, 3.05) is 13.7 Å². The molecular formula is C21H28O7. The maximum Gasteiger partial charge on any atom is 0.338 e. The lowest BCUT2D eigenvalue weighted by Gasteiger charge is -2.53. The Morgan fingerprint density at radius 3 is 2.21 bits per heavy atom. The van der Waals surface area contributed by atoms with Crippen LogP contribution in [0.1, 0.15) is 50.4 Å². The summed E-state index contributed by atoms with van der Waals surface area (Å²) in [5, 5.41) is 0. The standard InChI is InChI=1S/C21H28O7/c1-5-21(19(27-15(3)23)17(13-25-4)26-14(2)22)12-11-18(21)28-20(24)16-9-7-6-8-10-16/h6-10,17-19H,5,11-13H2,1-4H3/t17-,18-,19?,21+/m1/s1. The van der Waals surface area contributed by atoms with Gasteiger partial charge in [-0.25, -0.2) is 4.79 Å². The van der Waals surface area contributed by atoms with E-state index in [1.54, 1.807) is 24.3 Å². The fourth-order valence-electron chi connectivity index (χ4n) is 3.81. The van der Waals surface area contributed by atoms with Gasteiger partial charge in [0.1, 0.15) is 12.2 Å². The molecule has 1 aliphatic rings. The highest BCUT2D eigenvalue weighted by Gasteiger charge is 2.58. The summed E-state index contributed by atoms with van der Waals surface area (Å²) in [5.41, 5.74) is -0.189. The SMILES string of the molecule is CC[C@]1(C(OC(C)=O)[C@@H](COC)OC(C)=O)CC[C@H]1OC(=O)c1ccccc1. The van der Waals surface area contributed by atoms with Crippen molar-refractivity contribution in [3.05, 3.63) is 35.9 Å². The molecule has 1 saturated carbocycles. The van der Waals surface area contributed by atoms with Gasteiger partial charge in [-0.3, -0.25) is 9.59 Å². The van der Waals surface area contributed by atoms with Crippen molar-refractivity contribution in [2.24, 2.45) is 5.41 Å². The van der Waals surface area contributed by atoms with Gasteiger partial charge in [-0.2, -0.15) is 0 Å². The highest BCUT2D eigenvalue weighted by atomic mass is 16.6. The van der Waals surface area contributed by atoms with Crippen LogP contribution in [0.3, 0.4) is 0 Å². The van der Waals surface area contributed by atoms with Crippen LogP contribution in [0, 0.1) is 5.41 Å². The topological polar surface area (TPSA) is 88.1 Å². The minimum absolute atomic E-state index is 0.0681. The quantitative estimate of drug-likeness (QED) is 0.472. The van der Waals surface area contributed by atoms with Gasteiger partial charge in [0.05, 0.1) is 12.2 Å². The summed E-state index contributed by atoms with van der Waals surface area (Å²) in [6, 6.07) is 8.72. The van der Waals surface area contributed by atoms with E-state index in [0.717, 1.165) is 0 Å². The van der Waals surface area contributed by atoms with Gasteiger partial charge in [0.2, 0.25) is 0 Å². The summed E-state index contributed by atoms with van der Waals surface area (Å²) < 4.78 is 21.9. The lowest BCUT2D eigenvalue weighted by atomic mass is 9.59. The molecule has 1 aromatic carbocycles. The zero-order chi connectivity index (χ0) is 20.7. The predicted octanol–water partition coefficient (Wildman–Crippen LogP) is 2.91. The zero-order valence-electron chi connectivity index (χ0n) is 16.8. The molecule has 7 heteroatoms. The third kappa shape index (κ3) is 4.90. The van der Waals surface area contributed by atoms with Gasteiger partial charge in [-0.05, 0) is 31.4 Å². The lowest BCUT2D eigenvalue weighted by Crippen LogP contribution is -2.60. The average Bonchev–Trinajstić information content (AvgIpc) is 2.65. The van der Waals surface area contributed by atoms with E-state index in [0.29, 0.717) is 24.8 Å². The minimum Gasteiger partial charge on any atom is -0.458 e. The van der Waals surface area contributed by atoms with Gasteiger partial charge >= 0.3 is 17.9 Å². The van der Waals surface area contributed by atoms with E-state index in [2.05, 4.69) is 0 Å². The number of hydrogen-bond donors (Lipinski definition) is 0. The van der Waals surface area contributed by atoms with E-state index >= 15 is 0 Å². The molecule has 0 bridgehead atoms. The Bertz CT molecular complexity index is 683. The Morgan fingerprint density at radius 1 is 1.11 bits per heavy atom. The van der Waals surface area contributed by atoms with Crippen LogP contribution >= 0.6 is 0 Å². The molecule has 0 spiro atoms. The van der Waals surface area contributed by atoms with Crippen LogP contribution in [0.15, 0.2) is 30.3 Å². The number of ether oxygens (including phenoxy) is 4. The van der Waals surface area contributed by atoms with Crippen molar-refractivity contribution in [3.63, 3.8) is 0 Å². The van der Waals surface area contributed by atoms with Crippen molar-refractivity contribution in [1.82, 2.24) is 0 Å². The van der Waals surface area contributed by atoms with E-state index in [1.165, 1.54) is 21.0 Å². The molecule has 1 aromatic rings. The summed E-state index contributed by atoms with van der Waals surface area (Å²) in [6.45, 7) is 4.60.